The summed E-state index contributed by atoms with van der Waals surface area (Å²) < 4.78 is 13.8. The molecule has 0 aromatic heterocycles. The Bertz CT molecular complexity index is 421. The molecule has 0 heterocycles. The van der Waals surface area contributed by atoms with Crippen molar-refractivity contribution in [3.63, 3.8) is 0 Å². The number of anilines is 1. The van der Waals surface area contributed by atoms with Crippen molar-refractivity contribution < 1.29 is 9.18 Å². The number of rotatable bonds is 5. The lowest BCUT2D eigenvalue weighted by atomic mass is 10.1. The highest BCUT2D eigenvalue weighted by molar-refractivity contribution is 5.81. The van der Waals surface area contributed by atoms with Crippen molar-refractivity contribution in [3.05, 3.63) is 29.6 Å². The molecule has 1 aromatic carbocycles. The van der Waals surface area contributed by atoms with Crippen molar-refractivity contribution in [2.24, 2.45) is 5.73 Å². The molecule has 0 aliphatic heterocycles. The number of hydrogen-bond acceptors (Lipinski definition) is 3. The first-order chi connectivity index (χ1) is 8.45. The number of amides is 1. The second-order valence-electron chi connectivity index (χ2n) is 4.53. The number of hydrogen-bond donors (Lipinski definition) is 2. The summed E-state index contributed by atoms with van der Waals surface area (Å²) in [7, 11) is 1.68. The van der Waals surface area contributed by atoms with Crippen molar-refractivity contribution in [3.8, 4) is 0 Å². The summed E-state index contributed by atoms with van der Waals surface area (Å²) in [6.45, 7) is 4.11. The minimum atomic E-state index is -0.363. The van der Waals surface area contributed by atoms with Gasteiger partial charge >= 0.3 is 0 Å². The minimum absolute atomic E-state index is 0.0699. The number of nitrogens with one attached hydrogen (secondary N) is 1. The number of nitrogens with zero attached hydrogens (tertiary/aromatic N) is 1. The zero-order valence-corrected chi connectivity index (χ0v) is 11.0. The van der Waals surface area contributed by atoms with Crippen molar-refractivity contribution >= 4 is 11.6 Å². The van der Waals surface area contributed by atoms with Crippen LogP contribution in [0.5, 0.6) is 0 Å². The number of likely N-dealkylation sites (N-methyl/N-ethyl adjacent to an activating group) is 1. The number of carbonyl (C=O) groups is 1. The fourth-order valence-corrected chi connectivity index (χ4v) is 1.81. The van der Waals surface area contributed by atoms with Gasteiger partial charge in [-0.25, -0.2) is 4.39 Å². The van der Waals surface area contributed by atoms with E-state index in [4.69, 9.17) is 5.73 Å². The van der Waals surface area contributed by atoms with Gasteiger partial charge < -0.3 is 16.0 Å². The fourth-order valence-electron chi connectivity index (χ4n) is 1.81. The number of benzene rings is 1. The van der Waals surface area contributed by atoms with E-state index in [1.54, 1.807) is 24.1 Å². The Labute approximate surface area is 107 Å². The number of halogens is 1. The Hall–Kier alpha value is -1.62. The van der Waals surface area contributed by atoms with E-state index in [1.165, 1.54) is 6.07 Å². The Kier molecular flexibility index (Phi) is 5.09. The molecule has 0 bridgehead atoms. The molecule has 0 saturated carbocycles. The number of para-hydroxylation sites is 1. The zero-order chi connectivity index (χ0) is 13.7. The molecule has 0 saturated heterocycles. The van der Waals surface area contributed by atoms with Crippen LogP contribution in [0.1, 0.15) is 19.4 Å². The van der Waals surface area contributed by atoms with Gasteiger partial charge in [0, 0.05) is 19.6 Å². The van der Waals surface area contributed by atoms with Crippen LogP contribution in [-0.4, -0.2) is 25.5 Å². The van der Waals surface area contributed by atoms with Gasteiger partial charge in [-0.2, -0.15) is 0 Å². The fraction of sp³-hybridized carbons (Fsp3) is 0.462. The van der Waals surface area contributed by atoms with Gasteiger partial charge in [-0.05, 0) is 25.5 Å². The minimum Gasteiger partial charge on any atom is -0.363 e. The highest BCUT2D eigenvalue weighted by Gasteiger charge is 2.15. The molecule has 0 radical (unpaired) electrons. The second-order valence-corrected chi connectivity index (χ2v) is 4.53. The third-order valence-corrected chi connectivity index (χ3v) is 2.50. The van der Waals surface area contributed by atoms with Gasteiger partial charge in [0.05, 0.1) is 12.2 Å². The van der Waals surface area contributed by atoms with Crippen molar-refractivity contribution in [2.75, 3.05) is 18.5 Å². The summed E-state index contributed by atoms with van der Waals surface area (Å²) in [6.07, 6.45) is 0. The largest absolute Gasteiger partial charge is 0.363 e. The summed E-state index contributed by atoms with van der Waals surface area (Å²) in [6, 6.07) is 4.81. The molecule has 0 atom stereocenters. The quantitative estimate of drug-likeness (QED) is 0.830. The van der Waals surface area contributed by atoms with Crippen LogP contribution in [0, 0.1) is 5.82 Å². The van der Waals surface area contributed by atoms with Gasteiger partial charge in [-0.3, -0.25) is 4.79 Å². The van der Waals surface area contributed by atoms with E-state index in [2.05, 4.69) is 5.32 Å². The van der Waals surface area contributed by atoms with Gasteiger partial charge in [0.25, 0.3) is 0 Å². The molecular formula is C13H20FN3O. The smallest absolute Gasteiger partial charge is 0.239 e. The van der Waals surface area contributed by atoms with Crippen LogP contribution in [0.4, 0.5) is 10.1 Å². The lowest BCUT2D eigenvalue weighted by Gasteiger charge is -2.22. The summed E-state index contributed by atoms with van der Waals surface area (Å²) in [5.41, 5.74) is 6.65. The molecule has 4 nitrogen and oxygen atoms in total. The second kappa shape index (κ2) is 6.35. The normalized spacial score (nSPS) is 10.6. The van der Waals surface area contributed by atoms with Gasteiger partial charge in [-0.1, -0.05) is 12.1 Å². The van der Waals surface area contributed by atoms with E-state index in [0.29, 0.717) is 11.3 Å². The molecule has 1 amide bonds. The molecular weight excluding hydrogens is 233 g/mol. The third-order valence-electron chi connectivity index (χ3n) is 2.50. The van der Waals surface area contributed by atoms with Crippen molar-refractivity contribution in [1.82, 2.24) is 5.32 Å². The molecule has 0 fully saturated rings. The van der Waals surface area contributed by atoms with Crippen LogP contribution in [0.3, 0.4) is 0 Å². The van der Waals surface area contributed by atoms with Crippen LogP contribution < -0.4 is 16.0 Å². The van der Waals surface area contributed by atoms with Crippen LogP contribution in [0.15, 0.2) is 18.2 Å². The van der Waals surface area contributed by atoms with Crippen LogP contribution in [-0.2, 0) is 11.3 Å². The summed E-state index contributed by atoms with van der Waals surface area (Å²) in [5, 5.41) is 2.77. The molecule has 18 heavy (non-hydrogen) atoms. The lowest BCUT2D eigenvalue weighted by molar-refractivity contribution is -0.120. The van der Waals surface area contributed by atoms with E-state index < -0.39 is 0 Å². The highest BCUT2D eigenvalue weighted by atomic mass is 19.1. The van der Waals surface area contributed by atoms with Crippen LogP contribution >= 0.6 is 0 Å². The van der Waals surface area contributed by atoms with E-state index >= 15 is 0 Å². The average Bonchev–Trinajstić information content (AvgIpc) is 2.26. The molecule has 5 heteroatoms. The summed E-state index contributed by atoms with van der Waals surface area (Å²) in [4.78, 5) is 13.2. The van der Waals surface area contributed by atoms with Crippen LogP contribution in [0.2, 0.25) is 0 Å². The first-order valence-corrected chi connectivity index (χ1v) is 5.93. The predicted octanol–water partition coefficient (Wildman–Crippen LogP) is 1.25. The molecule has 0 aliphatic rings. The molecule has 0 unspecified atom stereocenters. The molecule has 100 valence electrons. The maximum absolute atomic E-state index is 13.8. The first-order valence-electron chi connectivity index (χ1n) is 5.93. The SMILES string of the molecule is CC(C)NC(=O)CN(C)c1c(F)cccc1CN. The Balaban J connectivity index is 2.84. The highest BCUT2D eigenvalue weighted by Crippen LogP contribution is 2.22. The van der Waals surface area contributed by atoms with Gasteiger partial charge in [0.2, 0.25) is 5.91 Å². The maximum atomic E-state index is 13.8. The van der Waals surface area contributed by atoms with E-state index in [9.17, 15) is 9.18 Å². The number of carbonyl (C=O) groups excluding carboxylic acids is 1. The Morgan fingerprint density at radius 1 is 1.50 bits per heavy atom. The summed E-state index contributed by atoms with van der Waals surface area (Å²) in [5.74, 6) is -0.503. The van der Waals surface area contributed by atoms with Gasteiger partial charge in [-0.15, -0.1) is 0 Å². The lowest BCUT2D eigenvalue weighted by Crippen LogP contribution is -2.39. The molecule has 0 spiro atoms. The third kappa shape index (κ3) is 3.70. The average molecular weight is 253 g/mol. The van der Waals surface area contributed by atoms with Gasteiger partial charge in [0.15, 0.2) is 0 Å². The summed E-state index contributed by atoms with van der Waals surface area (Å²) >= 11 is 0. The van der Waals surface area contributed by atoms with Crippen molar-refractivity contribution in [1.29, 1.82) is 0 Å². The standard InChI is InChI=1S/C13H20FN3O/c1-9(2)16-12(18)8-17(3)13-10(7-15)5-4-6-11(13)14/h4-6,9H,7-8,15H2,1-3H3,(H,16,18). The van der Waals surface area contributed by atoms with Gasteiger partial charge in [0.1, 0.15) is 5.82 Å². The molecule has 0 aliphatic carbocycles. The van der Waals surface area contributed by atoms with E-state index in [-0.39, 0.29) is 30.9 Å². The first kappa shape index (κ1) is 14.4. The number of nitrogens with two attached hydrogens (primary N) is 1. The van der Waals surface area contributed by atoms with Crippen molar-refractivity contribution in [2.45, 2.75) is 26.4 Å². The van der Waals surface area contributed by atoms with E-state index in [1.807, 2.05) is 13.8 Å². The zero-order valence-electron chi connectivity index (χ0n) is 11.0. The molecule has 1 rings (SSSR count). The Morgan fingerprint density at radius 2 is 2.17 bits per heavy atom. The Morgan fingerprint density at radius 3 is 2.72 bits per heavy atom. The monoisotopic (exact) mass is 253 g/mol. The van der Waals surface area contributed by atoms with E-state index in [0.717, 1.165) is 0 Å². The molecule has 3 N–H and O–H groups in total. The molecule has 1 aromatic rings. The topological polar surface area (TPSA) is 58.4 Å². The van der Waals surface area contributed by atoms with Crippen LogP contribution in [0.25, 0.3) is 0 Å². The maximum Gasteiger partial charge on any atom is 0.239 e. The predicted molar refractivity (Wildman–Crippen MR) is 70.8 cm³/mol.